The number of sulfonamides is 1. The van der Waals surface area contributed by atoms with Gasteiger partial charge in [0.2, 0.25) is 15.8 Å². The van der Waals surface area contributed by atoms with Crippen LogP contribution in [0.4, 0.5) is 13.2 Å². The van der Waals surface area contributed by atoms with Crippen molar-refractivity contribution >= 4 is 10.0 Å². The molecule has 1 aromatic heterocycles. The molecule has 0 unspecified atom stereocenters. The largest absolute Gasteiger partial charge is 0.450 e. The van der Waals surface area contributed by atoms with Crippen LogP contribution >= 0.6 is 0 Å². The minimum atomic E-state index is -4.65. The van der Waals surface area contributed by atoms with Crippen LogP contribution in [0.5, 0.6) is 0 Å². The molecule has 5 nitrogen and oxygen atoms in total. The third kappa shape index (κ3) is 3.63. The standard InChI is InChI=1S/C17H14F3N3O2S/c1-11-2-6-13(7-3-11)23-10-15(22-16(23)17(18,19)20)12-4-8-14(9-5-12)26(21,24)25/h2-10H,1H3,(H2,21,24,25). The molecule has 0 aliphatic rings. The molecule has 0 spiro atoms. The molecule has 0 radical (unpaired) electrons. The Kier molecular flexibility index (Phi) is 4.37. The van der Waals surface area contributed by atoms with Gasteiger partial charge in [-0.25, -0.2) is 18.5 Å². The first kappa shape index (κ1) is 18.2. The van der Waals surface area contributed by atoms with Gasteiger partial charge in [0.15, 0.2) is 0 Å². The number of rotatable bonds is 3. The summed E-state index contributed by atoms with van der Waals surface area (Å²) in [4.78, 5) is 3.57. The Morgan fingerprint density at radius 3 is 2.08 bits per heavy atom. The third-order valence-electron chi connectivity index (χ3n) is 3.75. The Morgan fingerprint density at radius 1 is 1.00 bits per heavy atom. The Hall–Kier alpha value is -2.65. The number of nitrogens with zero attached hydrogens (tertiary/aromatic N) is 2. The summed E-state index contributed by atoms with van der Waals surface area (Å²) < 4.78 is 63.7. The van der Waals surface area contributed by atoms with Crippen LogP contribution in [-0.2, 0) is 16.2 Å². The maximum absolute atomic E-state index is 13.4. The average molecular weight is 381 g/mol. The SMILES string of the molecule is Cc1ccc(-n2cc(-c3ccc(S(N)(=O)=O)cc3)nc2C(F)(F)F)cc1. The Labute approximate surface area is 148 Å². The van der Waals surface area contributed by atoms with Crippen molar-refractivity contribution in [2.24, 2.45) is 5.14 Å². The van der Waals surface area contributed by atoms with Gasteiger partial charge in [0.05, 0.1) is 10.6 Å². The first-order valence-corrected chi connectivity index (χ1v) is 8.97. The predicted octanol–water partition coefficient (Wildman–Crippen LogP) is 3.51. The Bertz CT molecular complexity index is 1040. The topological polar surface area (TPSA) is 78.0 Å². The van der Waals surface area contributed by atoms with Crippen LogP contribution in [-0.4, -0.2) is 18.0 Å². The molecular weight excluding hydrogens is 367 g/mol. The summed E-state index contributed by atoms with van der Waals surface area (Å²) in [5.74, 6) is -1.06. The summed E-state index contributed by atoms with van der Waals surface area (Å²) in [5, 5.41) is 5.02. The molecule has 3 rings (SSSR count). The van der Waals surface area contributed by atoms with Crippen LogP contribution in [0.1, 0.15) is 11.4 Å². The zero-order chi connectivity index (χ0) is 19.1. The molecular formula is C17H14F3N3O2S. The van der Waals surface area contributed by atoms with Gasteiger partial charge in [0.25, 0.3) is 0 Å². The molecule has 2 N–H and O–H groups in total. The van der Waals surface area contributed by atoms with Crippen LogP contribution in [0.25, 0.3) is 16.9 Å². The molecule has 0 saturated heterocycles. The molecule has 0 amide bonds. The van der Waals surface area contributed by atoms with Crippen LogP contribution < -0.4 is 5.14 Å². The van der Waals surface area contributed by atoms with Crippen LogP contribution in [0.15, 0.2) is 59.6 Å². The maximum atomic E-state index is 13.4. The fourth-order valence-corrected chi connectivity index (χ4v) is 2.95. The van der Waals surface area contributed by atoms with Crippen molar-refractivity contribution in [1.82, 2.24) is 9.55 Å². The molecule has 9 heteroatoms. The van der Waals surface area contributed by atoms with Crippen molar-refractivity contribution in [2.45, 2.75) is 18.0 Å². The number of hydrogen-bond acceptors (Lipinski definition) is 3. The van der Waals surface area contributed by atoms with E-state index in [1.165, 1.54) is 30.5 Å². The second-order valence-corrected chi connectivity index (χ2v) is 7.28. The number of aromatic nitrogens is 2. The molecule has 0 atom stereocenters. The van der Waals surface area contributed by atoms with E-state index >= 15 is 0 Å². The molecule has 0 aliphatic carbocycles. The number of imidazole rings is 1. The highest BCUT2D eigenvalue weighted by molar-refractivity contribution is 7.89. The van der Waals surface area contributed by atoms with E-state index < -0.39 is 22.0 Å². The van der Waals surface area contributed by atoms with Gasteiger partial charge in [-0.05, 0) is 31.2 Å². The number of benzene rings is 2. The number of hydrogen-bond donors (Lipinski definition) is 1. The molecule has 3 aromatic rings. The minimum absolute atomic E-state index is 0.0684. The van der Waals surface area contributed by atoms with Crippen LogP contribution in [0.3, 0.4) is 0 Å². The summed E-state index contributed by atoms with van der Waals surface area (Å²) >= 11 is 0. The Balaban J connectivity index is 2.11. The first-order chi connectivity index (χ1) is 12.1. The molecule has 26 heavy (non-hydrogen) atoms. The summed E-state index contributed by atoms with van der Waals surface area (Å²) in [6.45, 7) is 1.83. The fraction of sp³-hybridized carbons (Fsp3) is 0.118. The van der Waals surface area contributed by atoms with Crippen molar-refractivity contribution in [3.8, 4) is 16.9 Å². The summed E-state index contributed by atoms with van der Waals surface area (Å²) in [6.07, 6.45) is -3.39. The molecule has 0 saturated carbocycles. The lowest BCUT2D eigenvalue weighted by Gasteiger charge is -2.10. The van der Waals surface area contributed by atoms with E-state index in [1.54, 1.807) is 24.3 Å². The van der Waals surface area contributed by atoms with Crippen molar-refractivity contribution in [3.05, 3.63) is 66.1 Å². The average Bonchev–Trinajstić information content (AvgIpc) is 3.00. The minimum Gasteiger partial charge on any atom is -0.296 e. The van der Waals surface area contributed by atoms with Gasteiger partial charge in [-0.1, -0.05) is 29.8 Å². The number of alkyl halides is 3. The van der Waals surface area contributed by atoms with Crippen molar-refractivity contribution in [3.63, 3.8) is 0 Å². The molecule has 0 bridgehead atoms. The van der Waals surface area contributed by atoms with Gasteiger partial charge in [0.1, 0.15) is 0 Å². The lowest BCUT2D eigenvalue weighted by molar-refractivity contribution is -0.145. The van der Waals surface area contributed by atoms with E-state index in [0.29, 0.717) is 11.3 Å². The number of primary sulfonamides is 1. The molecule has 0 fully saturated rings. The van der Waals surface area contributed by atoms with Gasteiger partial charge < -0.3 is 0 Å². The van der Waals surface area contributed by atoms with Gasteiger partial charge in [-0.15, -0.1) is 0 Å². The maximum Gasteiger partial charge on any atom is 0.450 e. The highest BCUT2D eigenvalue weighted by Gasteiger charge is 2.37. The van der Waals surface area contributed by atoms with Crippen molar-refractivity contribution in [1.29, 1.82) is 0 Å². The van der Waals surface area contributed by atoms with E-state index in [-0.39, 0.29) is 10.6 Å². The van der Waals surface area contributed by atoms with Crippen molar-refractivity contribution < 1.29 is 21.6 Å². The molecule has 136 valence electrons. The van der Waals surface area contributed by atoms with E-state index in [4.69, 9.17) is 5.14 Å². The normalized spacial score (nSPS) is 12.3. The number of halogens is 3. The fourth-order valence-electron chi connectivity index (χ4n) is 2.44. The first-order valence-electron chi connectivity index (χ1n) is 7.42. The lowest BCUT2D eigenvalue weighted by Crippen LogP contribution is -2.13. The second kappa shape index (κ2) is 6.26. The van der Waals surface area contributed by atoms with E-state index in [0.717, 1.165) is 10.1 Å². The zero-order valence-electron chi connectivity index (χ0n) is 13.5. The summed E-state index contributed by atoms with van der Waals surface area (Å²) in [7, 11) is -3.88. The molecule has 1 heterocycles. The summed E-state index contributed by atoms with van der Waals surface area (Å²) in [5.41, 5.74) is 1.65. The summed E-state index contributed by atoms with van der Waals surface area (Å²) in [6, 6.07) is 11.7. The number of aryl methyl sites for hydroxylation is 1. The Morgan fingerprint density at radius 2 is 1.58 bits per heavy atom. The molecule has 0 aliphatic heterocycles. The third-order valence-corrected chi connectivity index (χ3v) is 4.68. The predicted molar refractivity (Wildman–Crippen MR) is 90.1 cm³/mol. The monoisotopic (exact) mass is 381 g/mol. The number of nitrogens with two attached hydrogens (primary N) is 1. The van der Waals surface area contributed by atoms with Gasteiger partial charge in [-0.2, -0.15) is 13.2 Å². The second-order valence-electron chi connectivity index (χ2n) is 5.72. The zero-order valence-corrected chi connectivity index (χ0v) is 14.3. The lowest BCUT2D eigenvalue weighted by atomic mass is 10.2. The highest BCUT2D eigenvalue weighted by Crippen LogP contribution is 2.33. The smallest absolute Gasteiger partial charge is 0.296 e. The van der Waals surface area contributed by atoms with Crippen LogP contribution in [0.2, 0.25) is 0 Å². The van der Waals surface area contributed by atoms with E-state index in [9.17, 15) is 21.6 Å². The van der Waals surface area contributed by atoms with Gasteiger partial charge in [-0.3, -0.25) is 4.57 Å². The van der Waals surface area contributed by atoms with Crippen LogP contribution in [0, 0.1) is 6.92 Å². The highest BCUT2D eigenvalue weighted by atomic mass is 32.2. The van der Waals surface area contributed by atoms with Crippen molar-refractivity contribution in [2.75, 3.05) is 0 Å². The van der Waals surface area contributed by atoms with E-state index in [1.807, 2.05) is 6.92 Å². The van der Waals surface area contributed by atoms with Gasteiger partial charge in [0, 0.05) is 17.4 Å². The van der Waals surface area contributed by atoms with E-state index in [2.05, 4.69) is 4.98 Å². The quantitative estimate of drug-likeness (QED) is 0.754. The van der Waals surface area contributed by atoms with Gasteiger partial charge >= 0.3 is 6.18 Å². The molecule has 2 aromatic carbocycles.